The number of anilines is 6. The van der Waals surface area contributed by atoms with E-state index in [0.29, 0.717) is 5.56 Å². The summed E-state index contributed by atoms with van der Waals surface area (Å²) >= 11 is 0. The van der Waals surface area contributed by atoms with Gasteiger partial charge in [-0.25, -0.2) is 0 Å². The van der Waals surface area contributed by atoms with E-state index < -0.39 is 16.9 Å². The fourth-order valence-electron chi connectivity index (χ4n) is 18.6. The largest absolute Gasteiger partial charge is 0.310 e. The van der Waals surface area contributed by atoms with Crippen LogP contribution < -0.4 is 9.80 Å². The second kappa shape index (κ2) is 25.7. The fraction of sp³-hybridized carbons (Fsp3) is 0.0280. The topological polar surface area (TPSA) is 6.48 Å². The molecule has 4 aliphatic carbocycles. The second-order valence-electron chi connectivity index (χ2n) is 29.0. The Hall–Kier alpha value is -13.9. The number of hydrogen-bond donors (Lipinski definition) is 0. The first kappa shape index (κ1) is 58.4. The van der Waals surface area contributed by atoms with E-state index >= 15 is 0 Å². The highest BCUT2D eigenvalue weighted by Gasteiger charge is 2.54. The molecule has 2 spiro atoms. The van der Waals surface area contributed by atoms with Crippen molar-refractivity contribution in [1.82, 2.24) is 0 Å². The van der Waals surface area contributed by atoms with Gasteiger partial charge in [-0.2, -0.15) is 0 Å². The van der Waals surface area contributed by atoms with Crippen molar-refractivity contribution in [3.05, 3.63) is 469 Å². The van der Waals surface area contributed by atoms with Gasteiger partial charge in [0.05, 0.1) is 17.7 Å². The molecule has 2 heteroatoms. The van der Waals surface area contributed by atoms with Gasteiger partial charge in [0.2, 0.25) is 0 Å². The molecule has 109 heavy (non-hydrogen) atoms. The number of aryl methyl sites for hydroxylation is 1. The quantitative estimate of drug-likeness (QED) is 0.135. The lowest BCUT2D eigenvalue weighted by Gasteiger charge is -2.33. The molecule has 0 amide bonds. The van der Waals surface area contributed by atoms with E-state index in [1.54, 1.807) is 0 Å². The highest BCUT2D eigenvalue weighted by molar-refractivity contribution is 6.07. The van der Waals surface area contributed by atoms with E-state index in [1.165, 1.54) is 138 Å². The molecule has 0 atom stereocenters. The van der Waals surface area contributed by atoms with Crippen molar-refractivity contribution < 1.29 is 6.85 Å². The van der Waals surface area contributed by atoms with Crippen molar-refractivity contribution in [1.29, 1.82) is 0 Å². The lowest BCUT2D eigenvalue weighted by Crippen LogP contribution is -2.26. The Kier molecular flexibility index (Phi) is 13.8. The van der Waals surface area contributed by atoms with Crippen LogP contribution in [0.5, 0.6) is 0 Å². The Balaban J connectivity index is 0.000000144. The van der Waals surface area contributed by atoms with Crippen LogP contribution in [0.2, 0.25) is 0 Å². The Morgan fingerprint density at radius 3 is 0.853 bits per heavy atom. The van der Waals surface area contributed by atoms with Gasteiger partial charge in [-0.15, -0.1) is 0 Å². The van der Waals surface area contributed by atoms with E-state index in [4.69, 9.17) is 6.85 Å². The van der Waals surface area contributed by atoms with Gasteiger partial charge in [0.15, 0.2) is 0 Å². The van der Waals surface area contributed by atoms with Crippen molar-refractivity contribution in [3.8, 4) is 89.0 Å². The van der Waals surface area contributed by atoms with Crippen LogP contribution in [-0.4, -0.2) is 0 Å². The summed E-state index contributed by atoms with van der Waals surface area (Å²) in [5.41, 5.74) is 34.9. The van der Waals surface area contributed by atoms with Crippen LogP contribution in [0.3, 0.4) is 0 Å². The summed E-state index contributed by atoms with van der Waals surface area (Å²) in [5.74, 6) is 0. The number of fused-ring (bicyclic) bond motifs is 24. The lowest BCUT2D eigenvalue weighted by molar-refractivity contribution is 0.801. The van der Waals surface area contributed by atoms with Gasteiger partial charge in [-0.3, -0.25) is 0 Å². The van der Waals surface area contributed by atoms with Gasteiger partial charge in [0.1, 0.15) is 0 Å². The third-order valence-corrected chi connectivity index (χ3v) is 23.3. The Bertz CT molecular complexity index is 6780. The Morgan fingerprint density at radius 1 is 0.211 bits per heavy atom. The molecule has 0 radical (unpaired) electrons. The monoisotopic (exact) mass is 1390 g/mol. The molecule has 510 valence electrons. The summed E-state index contributed by atoms with van der Waals surface area (Å²) in [6.45, 7) is 2.14. The highest BCUT2D eigenvalue weighted by atomic mass is 15.1. The first-order chi connectivity index (χ1) is 56.0. The maximum Gasteiger partial charge on any atom is 0.0732 e. The summed E-state index contributed by atoms with van der Waals surface area (Å²) < 4.78 is 42.0. The zero-order valence-electron chi connectivity index (χ0n) is 64.8. The van der Waals surface area contributed by atoms with Crippen LogP contribution in [0, 0.1) is 6.92 Å². The molecule has 0 bridgehead atoms. The molecule has 0 saturated carbocycles. The smallest absolute Gasteiger partial charge is 0.0732 e. The summed E-state index contributed by atoms with van der Waals surface area (Å²) in [5, 5.41) is 5.03. The van der Waals surface area contributed by atoms with E-state index in [9.17, 15) is 0 Å². The third kappa shape index (κ3) is 10.0. The molecule has 0 unspecified atom stereocenters. The van der Waals surface area contributed by atoms with Crippen LogP contribution in [0.1, 0.15) is 56.9 Å². The van der Waals surface area contributed by atoms with E-state index in [1.807, 2.05) is 42.5 Å². The van der Waals surface area contributed by atoms with Crippen molar-refractivity contribution in [3.63, 3.8) is 0 Å². The van der Waals surface area contributed by atoms with E-state index in [2.05, 4.69) is 363 Å². The zero-order chi connectivity index (χ0) is 76.5. The zero-order valence-corrected chi connectivity index (χ0v) is 59.8. The van der Waals surface area contributed by atoms with Gasteiger partial charge in [0, 0.05) is 34.1 Å². The number of benzene rings is 18. The maximum absolute atomic E-state index is 8.65. The summed E-state index contributed by atoms with van der Waals surface area (Å²) in [7, 11) is 0. The van der Waals surface area contributed by atoms with Crippen molar-refractivity contribution in [2.45, 2.75) is 17.8 Å². The molecule has 22 rings (SSSR count). The van der Waals surface area contributed by atoms with Gasteiger partial charge < -0.3 is 9.80 Å². The number of nitrogens with zero attached hydrogens (tertiary/aromatic N) is 2. The second-order valence-corrected chi connectivity index (χ2v) is 29.0. The first-order valence-corrected chi connectivity index (χ1v) is 37.5. The van der Waals surface area contributed by atoms with Crippen LogP contribution in [0.4, 0.5) is 34.1 Å². The fourth-order valence-corrected chi connectivity index (χ4v) is 18.6. The summed E-state index contributed by atoms with van der Waals surface area (Å²) in [6, 6.07) is 139. The molecule has 0 aliphatic heterocycles. The average molecular weight is 1390 g/mol. The van der Waals surface area contributed by atoms with Crippen molar-refractivity contribution in [2.24, 2.45) is 0 Å². The third-order valence-electron chi connectivity index (χ3n) is 23.3. The molecule has 0 N–H and O–H groups in total. The molecule has 2 nitrogen and oxygen atoms in total. The average Bonchev–Trinajstić information content (AvgIpc) is 1.51. The van der Waals surface area contributed by atoms with Gasteiger partial charge in [-0.05, 0) is 235 Å². The van der Waals surface area contributed by atoms with Gasteiger partial charge >= 0.3 is 0 Å². The summed E-state index contributed by atoms with van der Waals surface area (Å²) in [6.07, 6.45) is 0. The minimum Gasteiger partial charge on any atom is -0.310 e. The normalized spacial score (nSPS) is 13.6. The predicted molar refractivity (Wildman–Crippen MR) is 456 cm³/mol. The van der Waals surface area contributed by atoms with Crippen LogP contribution in [0.25, 0.3) is 111 Å². The number of hydrogen-bond acceptors (Lipinski definition) is 2. The van der Waals surface area contributed by atoms with Gasteiger partial charge in [-0.1, -0.05) is 351 Å². The van der Waals surface area contributed by atoms with Crippen molar-refractivity contribution in [2.75, 3.05) is 9.80 Å². The minimum absolute atomic E-state index is 0.185. The Labute approximate surface area is 643 Å². The Morgan fingerprint density at radius 2 is 0.486 bits per heavy atom. The lowest BCUT2D eigenvalue weighted by atomic mass is 9.69. The number of rotatable bonds is 10. The molecule has 0 aromatic heterocycles. The first-order valence-electron chi connectivity index (χ1n) is 40.0. The van der Waals surface area contributed by atoms with Gasteiger partial charge in [0.25, 0.3) is 0 Å². The van der Waals surface area contributed by atoms with E-state index in [0.717, 1.165) is 45.3 Å². The van der Waals surface area contributed by atoms with Crippen molar-refractivity contribution >= 4 is 55.7 Å². The van der Waals surface area contributed by atoms with Crippen LogP contribution >= 0.6 is 0 Å². The molecule has 4 aliphatic rings. The molecule has 18 aromatic carbocycles. The SMILES string of the molecule is Cc1ccc(-c2ccc(N(c3ccc(-c4ccccc4)cc3)c3ccc4c(c3)C3(c5ccccc5-c5ccccc53)c3c-4ccc4ccccc34)cc2)cc1.[2H]c1c([2H])c([2H])c(-c2ccc(N(c3ccc(-c4ccccc4)cc3)c3ccc4c(c3)C3(c5ccccc5-c5ccccc53)c3c-4ccc4ccccc34)cc2)c([2H])c1[2H]. The van der Waals surface area contributed by atoms with E-state index in [-0.39, 0.29) is 29.7 Å². The predicted octanol–water partition coefficient (Wildman–Crippen LogP) is 28.3. The molecule has 0 saturated heterocycles. The molecule has 0 fully saturated rings. The molecule has 0 heterocycles. The highest BCUT2D eigenvalue weighted by Crippen LogP contribution is 2.67. The molecular formula is C107H72N2. The summed E-state index contributed by atoms with van der Waals surface area (Å²) in [4.78, 5) is 4.68. The van der Waals surface area contributed by atoms with Crippen LogP contribution in [-0.2, 0) is 10.8 Å². The maximum atomic E-state index is 8.65. The van der Waals surface area contributed by atoms with Crippen LogP contribution in [0.15, 0.2) is 418 Å². The molecular weight excluding hydrogens is 1310 g/mol. The minimum atomic E-state index is -0.567. The molecule has 18 aromatic rings. The standard InChI is InChI=1S/C54H37N.C53H35N/c1-36-19-21-38(22-20-36)40-25-30-43(31-26-40)55(42-28-23-39(24-29-42)37-11-3-2-4-12-37)44-32-34-48-49-33-27-41-13-5-6-14-45(41)53(49)54(52(48)35-44)50-17-9-7-15-46(50)47-16-8-10-18-51(47)54;1-3-13-36(14-4-1)38-23-28-41(29-24-38)54(42-30-25-39(26-31-42)37-15-5-2-6-16-37)43-32-34-47-48-33-27-40-17-7-8-18-44(40)52(48)53(51(47)35-43)49-21-11-9-19-45(49)46-20-10-12-22-50(46)53/h2-35H,1H3;1-35H/i;1D,3D,4D,13D,14D.